The van der Waals surface area contributed by atoms with E-state index < -0.39 is 45.2 Å². The molecule has 55 heavy (non-hydrogen) atoms. The van der Waals surface area contributed by atoms with Gasteiger partial charge >= 0.3 is 19.8 Å². The van der Waals surface area contributed by atoms with Crippen LogP contribution in [0.3, 0.4) is 0 Å². The molecule has 306 valence electrons. The highest BCUT2D eigenvalue weighted by atomic mass is 31.2. The van der Waals surface area contributed by atoms with E-state index in [9.17, 15) is 19.3 Å². The molecule has 0 aliphatic heterocycles. The number of phosphoric acid groups is 1. The Hall–Kier alpha value is -3.85. The molecule has 0 amide bonds. The van der Waals surface area contributed by atoms with Crippen LogP contribution in [0.25, 0.3) is 0 Å². The van der Waals surface area contributed by atoms with Crippen molar-refractivity contribution in [2.75, 3.05) is 13.2 Å². The van der Waals surface area contributed by atoms with Gasteiger partial charge in [-0.15, -0.1) is 0 Å². The summed E-state index contributed by atoms with van der Waals surface area (Å²) in [7, 11) is -4.83. The molecule has 0 aliphatic carbocycles. The van der Waals surface area contributed by atoms with Crippen molar-refractivity contribution in [2.24, 2.45) is 0 Å². The number of phosphoric ester groups is 1. The molecule has 0 rings (SSSR count). The fourth-order valence-electron chi connectivity index (χ4n) is 4.42. The van der Waals surface area contributed by atoms with Crippen molar-refractivity contribution in [2.45, 2.75) is 122 Å². The quantitative estimate of drug-likeness (QED) is 0.0257. The maximum absolute atomic E-state index is 12.4. The van der Waals surface area contributed by atoms with Crippen molar-refractivity contribution >= 4 is 19.8 Å². The van der Waals surface area contributed by atoms with Gasteiger partial charge in [-0.3, -0.25) is 14.1 Å². The third-order valence-electron chi connectivity index (χ3n) is 7.28. The maximum Gasteiger partial charge on any atom is 0.469 e. The van der Waals surface area contributed by atoms with Crippen molar-refractivity contribution < 1.29 is 43.0 Å². The highest BCUT2D eigenvalue weighted by Gasteiger charge is 2.22. The zero-order valence-corrected chi connectivity index (χ0v) is 34.0. The molecule has 0 aromatic rings. The Morgan fingerprint density at radius 1 is 0.564 bits per heavy atom. The first-order valence-corrected chi connectivity index (χ1v) is 21.1. The molecular weight excluding hydrogens is 715 g/mol. The van der Waals surface area contributed by atoms with Crippen LogP contribution in [0.5, 0.6) is 0 Å². The fourth-order valence-corrected chi connectivity index (χ4v) is 4.79. The summed E-state index contributed by atoms with van der Waals surface area (Å²) in [6.07, 6.45) is 53.6. The zero-order valence-electron chi connectivity index (χ0n) is 33.1. The van der Waals surface area contributed by atoms with Crippen LogP contribution in [-0.4, -0.2) is 52.3 Å². The van der Waals surface area contributed by atoms with E-state index in [1.807, 2.05) is 30.4 Å². The van der Waals surface area contributed by atoms with Crippen LogP contribution in [-0.2, 0) is 28.2 Å². The highest BCUT2D eigenvalue weighted by Crippen LogP contribution is 2.35. The van der Waals surface area contributed by atoms with E-state index in [4.69, 9.17) is 19.3 Å². The van der Waals surface area contributed by atoms with Crippen LogP contribution in [0.1, 0.15) is 110 Å². The molecule has 0 spiro atoms. The van der Waals surface area contributed by atoms with E-state index in [-0.39, 0.29) is 12.8 Å². The van der Waals surface area contributed by atoms with E-state index in [1.54, 1.807) is 12.2 Å². The number of aliphatic hydroxyl groups is 1. The molecule has 0 aromatic carbocycles. The molecule has 1 unspecified atom stereocenters. The van der Waals surface area contributed by atoms with Crippen molar-refractivity contribution in [3.8, 4) is 0 Å². The molecule has 9 nitrogen and oxygen atoms in total. The number of ether oxygens (including phenoxy) is 2. The smallest absolute Gasteiger partial charge is 0.462 e. The minimum Gasteiger partial charge on any atom is -0.462 e. The van der Waals surface area contributed by atoms with Gasteiger partial charge in [-0.2, -0.15) is 0 Å². The Morgan fingerprint density at radius 3 is 1.45 bits per heavy atom. The van der Waals surface area contributed by atoms with E-state index in [2.05, 4.69) is 110 Å². The predicted molar refractivity (Wildman–Crippen MR) is 226 cm³/mol. The number of allylic oxidation sites excluding steroid dienone is 21. The minimum absolute atomic E-state index is 0.0115. The lowest BCUT2D eigenvalue weighted by Gasteiger charge is -2.18. The van der Waals surface area contributed by atoms with Crippen LogP contribution in [0.2, 0.25) is 0 Å². The lowest BCUT2D eigenvalue weighted by atomic mass is 10.1. The second kappa shape index (κ2) is 38.4. The van der Waals surface area contributed by atoms with Gasteiger partial charge in [0.05, 0.1) is 12.7 Å². The topological polar surface area (TPSA) is 140 Å². The molecular formula is C45H67O9P. The van der Waals surface area contributed by atoms with Gasteiger partial charge in [-0.05, 0) is 83.5 Å². The summed E-state index contributed by atoms with van der Waals surface area (Å²) in [5.74, 6) is -1.21. The molecule has 0 aliphatic rings. The van der Waals surface area contributed by atoms with Crippen LogP contribution in [0.15, 0.2) is 134 Å². The number of carbonyl (C=O) groups excluding carboxylic acids is 2. The van der Waals surface area contributed by atoms with Gasteiger partial charge in [-0.25, -0.2) is 4.57 Å². The van der Waals surface area contributed by atoms with Gasteiger partial charge in [0.25, 0.3) is 0 Å². The van der Waals surface area contributed by atoms with Crippen LogP contribution < -0.4 is 0 Å². The Labute approximate surface area is 331 Å². The summed E-state index contributed by atoms with van der Waals surface area (Å²) < 4.78 is 26.1. The van der Waals surface area contributed by atoms with Crippen LogP contribution in [0, 0.1) is 0 Å². The maximum atomic E-state index is 12.4. The average Bonchev–Trinajstić information content (AvgIpc) is 3.15. The summed E-state index contributed by atoms with van der Waals surface area (Å²) in [6.45, 7) is 3.19. The highest BCUT2D eigenvalue weighted by molar-refractivity contribution is 7.46. The van der Waals surface area contributed by atoms with Crippen molar-refractivity contribution in [1.82, 2.24) is 0 Å². The van der Waals surface area contributed by atoms with Gasteiger partial charge in [0.1, 0.15) is 6.61 Å². The first-order valence-electron chi connectivity index (χ1n) is 19.6. The summed E-state index contributed by atoms with van der Waals surface area (Å²) >= 11 is 0. The molecule has 3 N–H and O–H groups in total. The molecule has 0 bridgehead atoms. The molecule has 10 heteroatoms. The number of hydrogen-bond donors (Lipinski definition) is 3. The summed E-state index contributed by atoms with van der Waals surface area (Å²) in [4.78, 5) is 42.8. The molecule has 2 atom stereocenters. The van der Waals surface area contributed by atoms with Gasteiger partial charge in [0.2, 0.25) is 0 Å². The number of esters is 2. The van der Waals surface area contributed by atoms with E-state index in [0.717, 1.165) is 64.2 Å². The molecule has 0 saturated heterocycles. The molecule has 0 fully saturated rings. The molecule has 0 radical (unpaired) electrons. The summed E-state index contributed by atoms with van der Waals surface area (Å²) in [6, 6.07) is 0. The lowest BCUT2D eigenvalue weighted by molar-refractivity contribution is -0.161. The van der Waals surface area contributed by atoms with E-state index in [0.29, 0.717) is 19.3 Å². The van der Waals surface area contributed by atoms with Gasteiger partial charge < -0.3 is 24.4 Å². The Bertz CT molecular complexity index is 1360. The Balaban J connectivity index is 4.32. The van der Waals surface area contributed by atoms with Crippen molar-refractivity contribution in [3.05, 3.63) is 134 Å². The lowest BCUT2D eigenvalue weighted by Crippen LogP contribution is -2.29. The van der Waals surface area contributed by atoms with Crippen molar-refractivity contribution in [3.63, 3.8) is 0 Å². The molecule has 0 heterocycles. The minimum atomic E-state index is -4.83. The standard InChI is InChI=1S/C45H67O9P/c1-3-5-7-9-11-13-15-17-18-19-20-21-22-24-26-28-30-32-34-38-45(48)54-43(41-53-55(49,50)51)40-52-44(47)39-35-37-42(46)36-33-31-29-27-25-23-16-14-12-10-8-6-4-2/h5-8,11-14,17-18,20-21,23-26,29-33,36,42-43,46H,3-4,9-10,15-16,19,22,27-28,34-35,37-41H2,1-2H3,(H2,49,50,51)/b7-5-,8-6-,13-11-,14-12-,18-17-,21-20-,25-23-,26-24-,31-29-,32-30-,36-33+/t42?,43-/m1/s1. The van der Waals surface area contributed by atoms with Gasteiger partial charge in [0, 0.05) is 12.8 Å². The van der Waals surface area contributed by atoms with E-state index in [1.165, 1.54) is 0 Å². The zero-order chi connectivity index (χ0) is 40.5. The number of hydrogen-bond acceptors (Lipinski definition) is 7. The molecule has 0 saturated carbocycles. The van der Waals surface area contributed by atoms with Gasteiger partial charge in [-0.1, -0.05) is 148 Å². The number of rotatable bonds is 33. The third-order valence-corrected chi connectivity index (χ3v) is 7.77. The van der Waals surface area contributed by atoms with E-state index >= 15 is 0 Å². The first-order chi connectivity index (χ1) is 26.7. The van der Waals surface area contributed by atoms with Gasteiger partial charge in [0.15, 0.2) is 6.10 Å². The van der Waals surface area contributed by atoms with Crippen molar-refractivity contribution in [1.29, 1.82) is 0 Å². The Kier molecular flexibility index (Phi) is 35.7. The first kappa shape index (κ1) is 51.1. The van der Waals surface area contributed by atoms with Crippen LogP contribution >= 0.6 is 7.82 Å². The second-order valence-electron chi connectivity index (χ2n) is 12.3. The molecule has 0 aromatic heterocycles. The predicted octanol–water partition coefficient (Wildman–Crippen LogP) is 10.9. The summed E-state index contributed by atoms with van der Waals surface area (Å²) in [5.41, 5.74) is 0. The normalized spacial score (nSPS) is 14.5. The average molecular weight is 783 g/mol. The SMILES string of the molecule is CC/C=C\C/C=C\C/C=C\C/C=C\C=C\C(O)CCCC(=O)OC[C@H](COP(=O)(O)O)OC(=O)CC/C=C\C/C=C\C/C=C\C/C=C\C/C=C\C/C=C\CC. The largest absolute Gasteiger partial charge is 0.469 e. The number of aliphatic hydroxyl groups excluding tert-OH is 1. The van der Waals surface area contributed by atoms with Crippen LogP contribution in [0.4, 0.5) is 0 Å². The third kappa shape index (κ3) is 41.2. The number of carbonyl (C=O) groups is 2. The second-order valence-corrected chi connectivity index (χ2v) is 13.6. The Morgan fingerprint density at radius 2 is 1.00 bits per heavy atom. The monoisotopic (exact) mass is 782 g/mol. The summed E-state index contributed by atoms with van der Waals surface area (Å²) in [5, 5.41) is 10.2. The fraction of sp³-hybridized carbons (Fsp3) is 0.467.